The van der Waals surface area contributed by atoms with Crippen molar-refractivity contribution in [2.45, 2.75) is 19.8 Å². The van der Waals surface area contributed by atoms with E-state index in [0.717, 1.165) is 22.4 Å². The monoisotopic (exact) mass is 322 g/mol. The summed E-state index contributed by atoms with van der Waals surface area (Å²) in [5.74, 6) is 0.152. The average Bonchev–Trinajstić information content (AvgIpc) is 3.01. The third-order valence-electron chi connectivity index (χ3n) is 3.73. The lowest BCUT2D eigenvalue weighted by Gasteiger charge is -2.08. The van der Waals surface area contributed by atoms with Crippen LogP contribution in [0.5, 0.6) is 0 Å². The van der Waals surface area contributed by atoms with Gasteiger partial charge in [-0.05, 0) is 30.7 Å². The summed E-state index contributed by atoms with van der Waals surface area (Å²) >= 11 is 0. The number of fused-ring (bicyclic) bond motifs is 1. The summed E-state index contributed by atoms with van der Waals surface area (Å²) < 4.78 is 0. The summed E-state index contributed by atoms with van der Waals surface area (Å²) in [7, 11) is 0. The van der Waals surface area contributed by atoms with E-state index < -0.39 is 0 Å². The molecule has 1 aromatic heterocycles. The molecule has 0 aliphatic rings. The van der Waals surface area contributed by atoms with E-state index in [1.807, 2.05) is 43.3 Å². The van der Waals surface area contributed by atoms with Crippen LogP contribution in [0, 0.1) is 6.92 Å². The summed E-state index contributed by atoms with van der Waals surface area (Å²) in [6.07, 6.45) is 0.703. The van der Waals surface area contributed by atoms with Gasteiger partial charge in [-0.3, -0.25) is 20.4 Å². The molecule has 3 rings (SSSR count). The number of imidazole rings is 1. The highest BCUT2D eigenvalue weighted by Gasteiger charge is 2.10. The number of amides is 2. The third-order valence-corrected chi connectivity index (χ3v) is 3.73. The molecular formula is C18H18N4O2. The number of hydrogen-bond acceptors (Lipinski definition) is 3. The minimum atomic E-state index is -0.329. The number of hydrogen-bond donors (Lipinski definition) is 3. The summed E-state index contributed by atoms with van der Waals surface area (Å²) in [6.45, 7) is 1.85. The van der Waals surface area contributed by atoms with Gasteiger partial charge in [-0.15, -0.1) is 0 Å². The number of aromatic amines is 1. The minimum Gasteiger partial charge on any atom is -0.342 e. The fourth-order valence-electron chi connectivity index (χ4n) is 2.44. The molecule has 0 unspecified atom stereocenters. The third kappa shape index (κ3) is 3.60. The van der Waals surface area contributed by atoms with Crippen LogP contribution in [0.2, 0.25) is 0 Å². The van der Waals surface area contributed by atoms with Crippen molar-refractivity contribution in [3.05, 3.63) is 65.5 Å². The maximum atomic E-state index is 12.0. The first-order valence-electron chi connectivity index (χ1n) is 7.72. The number of H-pyrrole nitrogens is 1. The number of carbonyl (C=O) groups is 2. The van der Waals surface area contributed by atoms with Crippen molar-refractivity contribution in [1.29, 1.82) is 0 Å². The Morgan fingerprint density at radius 2 is 1.79 bits per heavy atom. The molecule has 3 aromatic rings. The number of rotatable bonds is 4. The van der Waals surface area contributed by atoms with Gasteiger partial charge < -0.3 is 4.98 Å². The van der Waals surface area contributed by atoms with Crippen LogP contribution in [0.15, 0.2) is 48.5 Å². The molecule has 3 N–H and O–H groups in total. The van der Waals surface area contributed by atoms with Crippen LogP contribution in [-0.4, -0.2) is 21.8 Å². The molecule has 0 atom stereocenters. The Labute approximate surface area is 139 Å². The van der Waals surface area contributed by atoms with Crippen molar-refractivity contribution < 1.29 is 9.59 Å². The molecule has 0 saturated carbocycles. The zero-order chi connectivity index (χ0) is 16.9. The number of nitrogens with zero attached hydrogens (tertiary/aromatic N) is 1. The SMILES string of the molecule is Cc1ccccc1C(=O)NNC(=O)CCc1nc2ccccc2[nH]1. The first kappa shape index (κ1) is 15.7. The molecule has 0 radical (unpaired) electrons. The van der Waals surface area contributed by atoms with Crippen LogP contribution in [0.4, 0.5) is 0 Å². The molecule has 6 heteroatoms. The number of aryl methyl sites for hydroxylation is 2. The van der Waals surface area contributed by atoms with E-state index in [1.54, 1.807) is 12.1 Å². The number of nitrogens with one attached hydrogen (secondary N) is 3. The average molecular weight is 322 g/mol. The van der Waals surface area contributed by atoms with Crippen LogP contribution in [0.3, 0.4) is 0 Å². The lowest BCUT2D eigenvalue weighted by molar-refractivity contribution is -0.121. The Kier molecular flexibility index (Phi) is 4.56. The standard InChI is InChI=1S/C18H18N4O2/c1-12-6-2-3-7-13(12)18(24)22-21-17(23)11-10-16-19-14-8-4-5-9-15(14)20-16/h2-9H,10-11H2,1H3,(H,19,20)(H,21,23)(H,22,24). The van der Waals surface area contributed by atoms with E-state index in [2.05, 4.69) is 20.8 Å². The molecule has 1 heterocycles. The first-order chi connectivity index (χ1) is 11.6. The summed E-state index contributed by atoms with van der Waals surface area (Å²) in [5, 5.41) is 0. The number of benzene rings is 2. The Morgan fingerprint density at radius 1 is 1.04 bits per heavy atom. The maximum Gasteiger partial charge on any atom is 0.269 e. The summed E-state index contributed by atoms with van der Waals surface area (Å²) in [5.41, 5.74) is 8.08. The first-order valence-corrected chi connectivity index (χ1v) is 7.72. The minimum absolute atomic E-state index is 0.230. The lowest BCUT2D eigenvalue weighted by Crippen LogP contribution is -2.42. The maximum absolute atomic E-state index is 12.0. The quantitative estimate of drug-likeness (QED) is 0.644. The van der Waals surface area contributed by atoms with Crippen molar-refractivity contribution in [3.63, 3.8) is 0 Å². The Hall–Kier alpha value is -3.15. The van der Waals surface area contributed by atoms with Crippen LogP contribution in [-0.2, 0) is 11.2 Å². The van der Waals surface area contributed by atoms with Crippen molar-refractivity contribution in [3.8, 4) is 0 Å². The van der Waals surface area contributed by atoms with Gasteiger partial charge >= 0.3 is 0 Å². The molecule has 0 saturated heterocycles. The molecule has 0 aliphatic carbocycles. The molecule has 2 aromatic carbocycles. The van der Waals surface area contributed by atoms with Crippen molar-refractivity contribution >= 4 is 22.8 Å². The topological polar surface area (TPSA) is 86.9 Å². The second kappa shape index (κ2) is 6.95. The number of hydrazine groups is 1. The smallest absolute Gasteiger partial charge is 0.269 e. The van der Waals surface area contributed by atoms with E-state index in [9.17, 15) is 9.59 Å². The predicted molar refractivity (Wildman–Crippen MR) is 91.2 cm³/mol. The number of carbonyl (C=O) groups excluding carboxylic acids is 2. The van der Waals surface area contributed by atoms with Gasteiger partial charge in [0, 0.05) is 18.4 Å². The van der Waals surface area contributed by atoms with Gasteiger partial charge in [0.05, 0.1) is 11.0 Å². The number of aromatic nitrogens is 2. The van der Waals surface area contributed by atoms with Crippen molar-refractivity contribution in [1.82, 2.24) is 20.8 Å². The Balaban J connectivity index is 1.51. The summed E-state index contributed by atoms with van der Waals surface area (Å²) in [6, 6.07) is 14.9. The highest BCUT2D eigenvalue weighted by atomic mass is 16.2. The van der Waals surface area contributed by atoms with Gasteiger partial charge in [-0.25, -0.2) is 4.98 Å². The van der Waals surface area contributed by atoms with Gasteiger partial charge in [0.1, 0.15) is 5.82 Å². The Morgan fingerprint density at radius 3 is 2.58 bits per heavy atom. The highest BCUT2D eigenvalue weighted by Crippen LogP contribution is 2.11. The van der Waals surface area contributed by atoms with Crippen LogP contribution >= 0.6 is 0 Å². The fraction of sp³-hybridized carbons (Fsp3) is 0.167. The van der Waals surface area contributed by atoms with E-state index >= 15 is 0 Å². The van der Waals surface area contributed by atoms with E-state index in [1.165, 1.54) is 0 Å². The largest absolute Gasteiger partial charge is 0.342 e. The lowest BCUT2D eigenvalue weighted by atomic mass is 10.1. The Bertz CT molecular complexity index is 852. The normalized spacial score (nSPS) is 10.5. The van der Waals surface area contributed by atoms with Gasteiger partial charge in [0.15, 0.2) is 0 Å². The van der Waals surface area contributed by atoms with Crippen LogP contribution in [0.25, 0.3) is 11.0 Å². The fourth-order valence-corrected chi connectivity index (χ4v) is 2.44. The van der Waals surface area contributed by atoms with Crippen LogP contribution in [0.1, 0.15) is 28.2 Å². The zero-order valence-electron chi connectivity index (χ0n) is 13.3. The molecule has 0 aliphatic heterocycles. The molecule has 6 nitrogen and oxygen atoms in total. The molecular weight excluding hydrogens is 304 g/mol. The zero-order valence-corrected chi connectivity index (χ0v) is 13.3. The summed E-state index contributed by atoms with van der Waals surface area (Å²) in [4.78, 5) is 31.5. The molecule has 122 valence electrons. The van der Waals surface area contributed by atoms with Gasteiger partial charge in [-0.1, -0.05) is 30.3 Å². The van der Waals surface area contributed by atoms with Gasteiger partial charge in [0.2, 0.25) is 5.91 Å². The predicted octanol–water partition coefficient (Wildman–Crippen LogP) is 2.27. The highest BCUT2D eigenvalue weighted by molar-refractivity contribution is 5.96. The van der Waals surface area contributed by atoms with E-state index in [-0.39, 0.29) is 18.2 Å². The van der Waals surface area contributed by atoms with Gasteiger partial charge in [0.25, 0.3) is 5.91 Å². The van der Waals surface area contributed by atoms with E-state index in [4.69, 9.17) is 0 Å². The van der Waals surface area contributed by atoms with Crippen LogP contribution < -0.4 is 10.9 Å². The van der Waals surface area contributed by atoms with Crippen molar-refractivity contribution in [2.24, 2.45) is 0 Å². The molecule has 0 bridgehead atoms. The van der Waals surface area contributed by atoms with Gasteiger partial charge in [-0.2, -0.15) is 0 Å². The van der Waals surface area contributed by atoms with Crippen molar-refractivity contribution in [2.75, 3.05) is 0 Å². The second-order valence-corrected chi connectivity index (χ2v) is 5.52. The molecule has 24 heavy (non-hydrogen) atoms. The number of para-hydroxylation sites is 2. The second-order valence-electron chi connectivity index (χ2n) is 5.52. The van der Waals surface area contributed by atoms with E-state index in [0.29, 0.717) is 12.0 Å². The molecule has 0 fully saturated rings. The molecule has 0 spiro atoms. The molecule has 2 amide bonds.